The number of benzene rings is 1. The molecule has 98 valence electrons. The van der Waals surface area contributed by atoms with Gasteiger partial charge in [-0.15, -0.1) is 0 Å². The minimum Gasteiger partial charge on any atom is -0.300 e. The second-order valence-electron chi connectivity index (χ2n) is 3.68. The number of alkyl halides is 3. The van der Waals surface area contributed by atoms with Gasteiger partial charge in [-0.05, 0) is 11.6 Å². The van der Waals surface area contributed by atoms with Gasteiger partial charge in [-0.3, -0.25) is 4.84 Å². The summed E-state index contributed by atoms with van der Waals surface area (Å²) in [6.45, 7) is -0.270. The van der Waals surface area contributed by atoms with Crippen LogP contribution < -0.4 is 5.90 Å². The zero-order valence-corrected chi connectivity index (χ0v) is 9.68. The molecule has 18 heavy (non-hydrogen) atoms. The number of halogens is 3. The maximum Gasteiger partial charge on any atom is 0.417 e. The number of nitrogens with two attached hydrogens (primary N) is 1. The molecule has 0 saturated carbocycles. The molecule has 1 aliphatic heterocycles. The van der Waals surface area contributed by atoms with Crippen molar-refractivity contribution in [2.24, 2.45) is 5.90 Å². The molecule has 0 aromatic heterocycles. The third kappa shape index (κ3) is 2.02. The highest BCUT2D eigenvalue weighted by molar-refractivity contribution is 7.95. The summed E-state index contributed by atoms with van der Waals surface area (Å²) in [5.41, 5.74) is -1.09. The monoisotopic (exact) mass is 279 g/mol. The van der Waals surface area contributed by atoms with Crippen molar-refractivity contribution in [3.63, 3.8) is 0 Å². The fourth-order valence-electron chi connectivity index (χ4n) is 1.83. The van der Waals surface area contributed by atoms with E-state index in [4.69, 9.17) is 5.90 Å². The Hall–Kier alpha value is -1.38. The first kappa shape index (κ1) is 13.1. The summed E-state index contributed by atoms with van der Waals surface area (Å²) in [5, 5.41) is 0.750. The molecule has 1 aromatic rings. The predicted molar refractivity (Wildman–Crippen MR) is 56.7 cm³/mol. The van der Waals surface area contributed by atoms with Crippen LogP contribution in [0, 0.1) is 0 Å². The summed E-state index contributed by atoms with van der Waals surface area (Å²) in [5.74, 6) is 4.82. The molecule has 2 rings (SSSR count). The SMILES string of the molecule is NOCC1=CS(=O)(=O)c2c1cccc2C(F)(F)F. The molecule has 0 unspecified atom stereocenters. The van der Waals surface area contributed by atoms with Gasteiger partial charge in [0, 0.05) is 11.0 Å². The van der Waals surface area contributed by atoms with Gasteiger partial charge in [-0.25, -0.2) is 14.3 Å². The van der Waals surface area contributed by atoms with Crippen LogP contribution in [0.4, 0.5) is 13.2 Å². The lowest BCUT2D eigenvalue weighted by atomic mass is 10.0. The molecule has 4 nitrogen and oxygen atoms in total. The number of fused-ring (bicyclic) bond motifs is 1. The van der Waals surface area contributed by atoms with E-state index >= 15 is 0 Å². The van der Waals surface area contributed by atoms with Crippen molar-refractivity contribution in [1.29, 1.82) is 0 Å². The van der Waals surface area contributed by atoms with E-state index < -0.39 is 26.5 Å². The van der Waals surface area contributed by atoms with Gasteiger partial charge < -0.3 is 0 Å². The third-order valence-electron chi connectivity index (χ3n) is 2.49. The van der Waals surface area contributed by atoms with E-state index in [9.17, 15) is 21.6 Å². The molecule has 0 amide bonds. The summed E-state index contributed by atoms with van der Waals surface area (Å²) >= 11 is 0. The smallest absolute Gasteiger partial charge is 0.300 e. The minimum atomic E-state index is -4.73. The van der Waals surface area contributed by atoms with E-state index in [2.05, 4.69) is 4.84 Å². The Kier molecular flexibility index (Phi) is 2.96. The molecule has 0 atom stereocenters. The van der Waals surface area contributed by atoms with E-state index in [1.54, 1.807) is 0 Å². The van der Waals surface area contributed by atoms with Crippen molar-refractivity contribution < 1.29 is 26.4 Å². The van der Waals surface area contributed by atoms with E-state index in [0.29, 0.717) is 0 Å². The molecular weight excluding hydrogens is 271 g/mol. The van der Waals surface area contributed by atoms with Gasteiger partial charge in [0.15, 0.2) is 0 Å². The Bertz CT molecular complexity index is 620. The molecule has 1 aromatic carbocycles. The lowest BCUT2D eigenvalue weighted by Crippen LogP contribution is -2.11. The lowest BCUT2D eigenvalue weighted by Gasteiger charge is -2.11. The summed E-state index contributed by atoms with van der Waals surface area (Å²) in [4.78, 5) is 3.56. The molecule has 0 fully saturated rings. The molecule has 8 heteroatoms. The first-order valence-corrected chi connectivity index (χ1v) is 6.30. The largest absolute Gasteiger partial charge is 0.417 e. The zero-order chi connectivity index (χ0) is 13.6. The Morgan fingerprint density at radius 1 is 1.28 bits per heavy atom. The van der Waals surface area contributed by atoms with Gasteiger partial charge in [-0.2, -0.15) is 13.2 Å². The molecule has 0 radical (unpaired) electrons. The molecule has 1 aliphatic rings. The maximum atomic E-state index is 12.8. The van der Waals surface area contributed by atoms with Crippen molar-refractivity contribution >= 4 is 15.4 Å². The number of sulfone groups is 1. The fourth-order valence-corrected chi connectivity index (χ4v) is 3.51. The van der Waals surface area contributed by atoms with Crippen molar-refractivity contribution in [3.8, 4) is 0 Å². The van der Waals surface area contributed by atoms with Crippen LogP contribution in [-0.2, 0) is 20.9 Å². The first-order chi connectivity index (χ1) is 8.27. The summed E-state index contributed by atoms with van der Waals surface area (Å²) in [6.07, 6.45) is -4.73. The highest BCUT2D eigenvalue weighted by Gasteiger charge is 2.40. The number of rotatable bonds is 2. The molecule has 1 heterocycles. The predicted octanol–water partition coefficient (Wildman–Crippen LogP) is 1.72. The van der Waals surface area contributed by atoms with E-state index in [0.717, 1.165) is 17.5 Å². The average Bonchev–Trinajstić information content (AvgIpc) is 2.50. The van der Waals surface area contributed by atoms with Crippen LogP contribution in [0.25, 0.3) is 5.57 Å². The Morgan fingerprint density at radius 2 is 1.94 bits per heavy atom. The Morgan fingerprint density at radius 3 is 2.50 bits per heavy atom. The number of hydrogen-bond acceptors (Lipinski definition) is 4. The molecule has 0 aliphatic carbocycles. The lowest BCUT2D eigenvalue weighted by molar-refractivity contribution is -0.139. The Labute approximate surface area is 101 Å². The van der Waals surface area contributed by atoms with Crippen LogP contribution in [0.3, 0.4) is 0 Å². The average molecular weight is 279 g/mol. The van der Waals surface area contributed by atoms with Gasteiger partial charge in [0.05, 0.1) is 17.1 Å². The normalized spacial score (nSPS) is 17.4. The number of hydrogen-bond donors (Lipinski definition) is 1. The molecule has 0 saturated heterocycles. The molecule has 2 N–H and O–H groups in total. The van der Waals surface area contributed by atoms with Crippen molar-refractivity contribution in [3.05, 3.63) is 34.7 Å². The highest BCUT2D eigenvalue weighted by Crippen LogP contribution is 2.42. The molecule has 0 bridgehead atoms. The minimum absolute atomic E-state index is 0.0183. The quantitative estimate of drug-likeness (QED) is 0.837. The molecular formula is C10H8F3NO3S. The van der Waals surface area contributed by atoms with Crippen molar-refractivity contribution in [2.45, 2.75) is 11.1 Å². The van der Waals surface area contributed by atoms with Gasteiger partial charge in [-0.1, -0.05) is 12.1 Å². The van der Waals surface area contributed by atoms with Crippen molar-refractivity contribution in [2.75, 3.05) is 6.61 Å². The summed E-state index contributed by atoms with van der Waals surface area (Å²) < 4.78 is 61.7. The van der Waals surface area contributed by atoms with Crippen LogP contribution in [0.5, 0.6) is 0 Å². The molecule has 0 spiro atoms. The summed E-state index contributed by atoms with van der Waals surface area (Å²) in [7, 11) is -4.11. The third-order valence-corrected chi connectivity index (χ3v) is 4.09. The van der Waals surface area contributed by atoms with Crippen LogP contribution in [0.15, 0.2) is 28.5 Å². The van der Waals surface area contributed by atoms with Gasteiger partial charge >= 0.3 is 6.18 Å². The van der Waals surface area contributed by atoms with Crippen LogP contribution in [-0.4, -0.2) is 15.0 Å². The van der Waals surface area contributed by atoms with E-state index in [1.165, 1.54) is 6.07 Å². The van der Waals surface area contributed by atoms with Crippen LogP contribution in [0.1, 0.15) is 11.1 Å². The zero-order valence-electron chi connectivity index (χ0n) is 8.86. The maximum absolute atomic E-state index is 12.8. The van der Waals surface area contributed by atoms with Gasteiger partial charge in [0.2, 0.25) is 9.84 Å². The topological polar surface area (TPSA) is 69.4 Å². The standard InChI is InChI=1S/C10H8F3NO3S/c11-10(12,13)8-3-1-2-7-6(4-17-14)5-18(15,16)9(7)8/h1-3,5H,4,14H2. The second kappa shape index (κ2) is 4.08. The Balaban J connectivity index is 2.71. The van der Waals surface area contributed by atoms with E-state index in [1.807, 2.05) is 0 Å². The van der Waals surface area contributed by atoms with Crippen LogP contribution >= 0.6 is 0 Å². The van der Waals surface area contributed by atoms with Crippen LogP contribution in [0.2, 0.25) is 0 Å². The second-order valence-corrected chi connectivity index (χ2v) is 5.41. The summed E-state index contributed by atoms with van der Waals surface area (Å²) in [6, 6.07) is 3.17. The van der Waals surface area contributed by atoms with Gasteiger partial charge in [0.1, 0.15) is 0 Å². The van der Waals surface area contributed by atoms with Crippen molar-refractivity contribution in [1.82, 2.24) is 0 Å². The van der Waals surface area contributed by atoms with Gasteiger partial charge in [0.25, 0.3) is 0 Å². The first-order valence-electron chi connectivity index (χ1n) is 4.75. The fraction of sp³-hybridized carbons (Fsp3) is 0.200. The van der Waals surface area contributed by atoms with E-state index in [-0.39, 0.29) is 17.7 Å². The highest BCUT2D eigenvalue weighted by atomic mass is 32.2.